The van der Waals surface area contributed by atoms with Gasteiger partial charge in [0.1, 0.15) is 28.7 Å². The molecule has 8 rings (SSSR count). The van der Waals surface area contributed by atoms with Crippen molar-refractivity contribution in [2.24, 2.45) is 0 Å². The highest BCUT2D eigenvalue weighted by atomic mass is 19.1. The van der Waals surface area contributed by atoms with Crippen LogP contribution in [0.15, 0.2) is 49.2 Å². The second-order valence-corrected chi connectivity index (χ2v) is 13.3. The molecule has 0 aliphatic carbocycles. The SMILES string of the molecule is C#Cc1c(F)ccc2cccc(-c3ncc4c(N5CC6CCC(C5)N6C(=O)C=C)nc(CCC56CCCN5CCC6)nc4c3F)c12. The van der Waals surface area contributed by atoms with Crippen LogP contribution in [0.1, 0.15) is 56.3 Å². The van der Waals surface area contributed by atoms with E-state index in [-0.39, 0.29) is 40.3 Å². The van der Waals surface area contributed by atoms with E-state index in [0.717, 1.165) is 32.4 Å². The first kappa shape index (κ1) is 29.0. The molecule has 2 unspecified atom stereocenters. The first-order chi connectivity index (χ1) is 22.4. The summed E-state index contributed by atoms with van der Waals surface area (Å²) in [7, 11) is 0. The zero-order valence-electron chi connectivity index (χ0n) is 25.8. The van der Waals surface area contributed by atoms with Gasteiger partial charge in [-0.1, -0.05) is 36.8 Å². The number of amides is 1. The van der Waals surface area contributed by atoms with Crippen LogP contribution in [0.25, 0.3) is 32.9 Å². The van der Waals surface area contributed by atoms with Crippen LogP contribution in [0.4, 0.5) is 14.6 Å². The van der Waals surface area contributed by atoms with Crippen molar-refractivity contribution < 1.29 is 13.6 Å². The highest BCUT2D eigenvalue weighted by Gasteiger charge is 2.44. The van der Waals surface area contributed by atoms with E-state index in [0.29, 0.717) is 52.9 Å². The third-order valence-electron chi connectivity index (χ3n) is 10.9. The number of fused-ring (bicyclic) bond motifs is 5. The molecular weight excluding hydrogens is 582 g/mol. The Morgan fingerprint density at radius 2 is 1.85 bits per heavy atom. The van der Waals surface area contributed by atoms with Gasteiger partial charge in [0.15, 0.2) is 5.82 Å². The van der Waals surface area contributed by atoms with Gasteiger partial charge in [0.2, 0.25) is 5.91 Å². The maximum atomic E-state index is 16.9. The van der Waals surface area contributed by atoms with Crippen LogP contribution in [0.5, 0.6) is 0 Å². The van der Waals surface area contributed by atoms with E-state index in [2.05, 4.69) is 27.3 Å². The van der Waals surface area contributed by atoms with Crippen LogP contribution in [0.2, 0.25) is 0 Å². The summed E-state index contributed by atoms with van der Waals surface area (Å²) in [6.07, 6.45) is 16.9. The van der Waals surface area contributed by atoms with Crippen molar-refractivity contribution in [1.29, 1.82) is 0 Å². The van der Waals surface area contributed by atoms with Crippen molar-refractivity contribution in [2.45, 2.75) is 69.0 Å². The Balaban J connectivity index is 1.25. The summed E-state index contributed by atoms with van der Waals surface area (Å²) in [5, 5.41) is 1.68. The van der Waals surface area contributed by atoms with Crippen LogP contribution in [-0.2, 0) is 11.2 Å². The predicted octanol–water partition coefficient (Wildman–Crippen LogP) is 6.03. The zero-order chi connectivity index (χ0) is 31.6. The molecule has 2 aromatic carbocycles. The van der Waals surface area contributed by atoms with E-state index in [1.54, 1.807) is 24.4 Å². The topological polar surface area (TPSA) is 65.5 Å². The number of aromatic nitrogens is 3. The zero-order valence-corrected chi connectivity index (χ0v) is 25.8. The van der Waals surface area contributed by atoms with Gasteiger partial charge in [-0.05, 0) is 75.6 Å². The smallest absolute Gasteiger partial charge is 0.246 e. The summed E-state index contributed by atoms with van der Waals surface area (Å²) in [5.41, 5.74) is 0.956. The number of nitrogens with zero attached hydrogens (tertiary/aromatic N) is 6. The number of hydrogen-bond donors (Lipinski definition) is 0. The third kappa shape index (κ3) is 4.49. The van der Waals surface area contributed by atoms with Gasteiger partial charge in [0.25, 0.3) is 0 Å². The Morgan fingerprint density at radius 1 is 1.09 bits per heavy atom. The first-order valence-electron chi connectivity index (χ1n) is 16.4. The van der Waals surface area contributed by atoms with Gasteiger partial charge in [-0.2, -0.15) is 0 Å². The molecule has 234 valence electrons. The lowest BCUT2D eigenvalue weighted by Crippen LogP contribution is -2.55. The van der Waals surface area contributed by atoms with Gasteiger partial charge in [0, 0.05) is 54.3 Å². The highest BCUT2D eigenvalue weighted by Crippen LogP contribution is 2.43. The summed E-state index contributed by atoms with van der Waals surface area (Å²) in [5.74, 6) is 2.56. The lowest BCUT2D eigenvalue weighted by molar-refractivity contribution is -0.129. The van der Waals surface area contributed by atoms with E-state index >= 15 is 4.39 Å². The standard InChI is InChI=1S/C37H36F2N6O/c1-3-26-29(38)13-10-23-8-5-9-27(32(23)26)34-33(39)35-28(20-40-34)36(43-21-24-11-12-25(22-43)45(24)31(46)4-2)42-30(41-35)14-17-37-15-6-18-44(37)19-7-16-37/h1,4-5,8-10,13,20,24-25H,2,6-7,11-12,14-19,21-22H2. The molecule has 1 amide bonds. The lowest BCUT2D eigenvalue weighted by atomic mass is 9.88. The number of halogens is 2. The Bertz CT molecular complexity index is 1930. The van der Waals surface area contributed by atoms with Crippen LogP contribution in [-0.4, -0.2) is 74.5 Å². The number of pyridine rings is 1. The number of benzene rings is 2. The minimum atomic E-state index is -0.577. The summed E-state index contributed by atoms with van der Waals surface area (Å²) in [6, 6.07) is 8.40. The Hall–Kier alpha value is -4.42. The Kier molecular flexibility index (Phi) is 7.02. The molecule has 4 fully saturated rings. The molecule has 2 aromatic heterocycles. The highest BCUT2D eigenvalue weighted by molar-refractivity contribution is 6.02. The molecule has 46 heavy (non-hydrogen) atoms. The molecule has 4 aliphatic rings. The van der Waals surface area contributed by atoms with Gasteiger partial charge in [0.05, 0.1) is 10.9 Å². The quantitative estimate of drug-likeness (QED) is 0.194. The minimum absolute atomic E-state index is 0.0342. The van der Waals surface area contributed by atoms with E-state index in [1.807, 2.05) is 11.0 Å². The van der Waals surface area contributed by atoms with Crippen molar-refractivity contribution >= 4 is 33.4 Å². The lowest BCUT2D eigenvalue weighted by Gasteiger charge is -2.41. The van der Waals surface area contributed by atoms with Crippen molar-refractivity contribution in [3.8, 4) is 23.6 Å². The van der Waals surface area contributed by atoms with Crippen molar-refractivity contribution in [3.63, 3.8) is 0 Å². The van der Waals surface area contributed by atoms with Gasteiger partial charge in [-0.15, -0.1) is 6.42 Å². The minimum Gasteiger partial charge on any atom is -0.352 e. The number of terminal acetylenes is 1. The van der Waals surface area contributed by atoms with Crippen molar-refractivity contribution in [2.75, 3.05) is 31.1 Å². The van der Waals surface area contributed by atoms with E-state index in [1.165, 1.54) is 37.8 Å². The molecule has 4 aliphatic heterocycles. The summed E-state index contributed by atoms with van der Waals surface area (Å²) in [4.78, 5) is 34.0. The largest absolute Gasteiger partial charge is 0.352 e. The molecule has 0 saturated carbocycles. The van der Waals surface area contributed by atoms with Crippen LogP contribution < -0.4 is 4.90 Å². The van der Waals surface area contributed by atoms with Gasteiger partial charge < -0.3 is 9.80 Å². The number of carbonyl (C=O) groups excluding carboxylic acids is 1. The normalized spacial score (nSPS) is 22.0. The molecule has 6 heterocycles. The Morgan fingerprint density at radius 3 is 2.57 bits per heavy atom. The van der Waals surface area contributed by atoms with E-state index in [9.17, 15) is 9.18 Å². The number of carbonyl (C=O) groups is 1. The molecule has 2 bridgehead atoms. The van der Waals surface area contributed by atoms with Crippen LogP contribution >= 0.6 is 0 Å². The molecule has 0 radical (unpaired) electrons. The van der Waals surface area contributed by atoms with Crippen molar-refractivity contribution in [1.82, 2.24) is 24.8 Å². The van der Waals surface area contributed by atoms with E-state index < -0.39 is 11.6 Å². The number of anilines is 1. The van der Waals surface area contributed by atoms with Crippen LogP contribution in [0, 0.1) is 24.0 Å². The number of piperazine rings is 1. The van der Waals surface area contributed by atoms with Gasteiger partial charge in [-0.25, -0.2) is 18.7 Å². The Labute approximate surface area is 267 Å². The fourth-order valence-electron chi connectivity index (χ4n) is 8.84. The van der Waals surface area contributed by atoms with Crippen molar-refractivity contribution in [3.05, 3.63) is 72.2 Å². The second kappa shape index (κ2) is 11.1. The maximum Gasteiger partial charge on any atom is 0.246 e. The molecule has 2 atom stereocenters. The number of aryl methyl sites for hydroxylation is 1. The fraction of sp³-hybridized carbons (Fsp3) is 0.405. The van der Waals surface area contributed by atoms with E-state index in [4.69, 9.17) is 16.4 Å². The molecule has 4 aromatic rings. The second-order valence-electron chi connectivity index (χ2n) is 13.3. The average Bonchev–Trinajstić information content (AvgIpc) is 3.73. The molecular formula is C37H36F2N6O. The fourth-order valence-corrected chi connectivity index (χ4v) is 8.84. The maximum absolute atomic E-state index is 16.9. The molecule has 7 nitrogen and oxygen atoms in total. The summed E-state index contributed by atoms with van der Waals surface area (Å²) < 4.78 is 31.7. The summed E-state index contributed by atoms with van der Waals surface area (Å²) >= 11 is 0. The first-order valence-corrected chi connectivity index (χ1v) is 16.4. The molecule has 0 N–H and O–H groups in total. The molecule has 4 saturated heterocycles. The number of hydrogen-bond acceptors (Lipinski definition) is 6. The molecule has 0 spiro atoms. The van der Waals surface area contributed by atoms with Crippen LogP contribution in [0.3, 0.4) is 0 Å². The van der Waals surface area contributed by atoms with Gasteiger partial charge in [-0.3, -0.25) is 14.7 Å². The monoisotopic (exact) mass is 618 g/mol. The van der Waals surface area contributed by atoms with Gasteiger partial charge >= 0.3 is 0 Å². The summed E-state index contributed by atoms with van der Waals surface area (Å²) in [6.45, 7) is 7.16. The molecule has 9 heteroatoms. The predicted molar refractivity (Wildman–Crippen MR) is 175 cm³/mol. The third-order valence-corrected chi connectivity index (χ3v) is 10.9. The average molecular weight is 619 g/mol. The number of rotatable bonds is 6.